The molecular weight excluding hydrogens is 318 g/mol. The van der Waals surface area contributed by atoms with Gasteiger partial charge < -0.3 is 0 Å². The van der Waals surface area contributed by atoms with Gasteiger partial charge in [-0.15, -0.1) is 0 Å². The van der Waals surface area contributed by atoms with Crippen molar-refractivity contribution in [1.29, 1.82) is 0 Å². The molecule has 0 aliphatic carbocycles. The normalized spacial score (nSPS) is 10.7. The molecule has 6 heteroatoms. The average molecular weight is 323 g/mol. The van der Waals surface area contributed by atoms with E-state index in [0.29, 0.717) is 0 Å². The molecule has 2 heterocycles. The Balaban J connectivity index is 2.46. The number of aryl methyl sites for hydroxylation is 1. The Morgan fingerprint density at radius 3 is 2.69 bits per heavy atom. The van der Waals surface area contributed by atoms with Crippen LogP contribution in [0.15, 0.2) is 20.9 Å². The molecule has 0 unspecified atom stereocenters. The summed E-state index contributed by atoms with van der Waals surface area (Å²) >= 11 is 8.30. The van der Waals surface area contributed by atoms with Gasteiger partial charge in [0.25, 0.3) is 0 Å². The molecule has 0 saturated carbocycles. The number of aromatic nitrogens is 3. The standard InChI is InChI=1S/C7H5Br2N3S/c1-4-2-12(3-10-4)7-11-5(8)6(9)13-7/h2-3H,1H3. The highest BCUT2D eigenvalue weighted by Crippen LogP contribution is 2.30. The number of thiazole rings is 1. The first-order chi connectivity index (χ1) is 6.16. The first-order valence-electron chi connectivity index (χ1n) is 3.49. The maximum Gasteiger partial charge on any atom is 0.197 e. The van der Waals surface area contributed by atoms with Crippen molar-refractivity contribution in [1.82, 2.24) is 14.5 Å². The second-order valence-electron chi connectivity index (χ2n) is 2.48. The summed E-state index contributed by atoms with van der Waals surface area (Å²) in [6, 6.07) is 0. The van der Waals surface area contributed by atoms with Crippen LogP contribution in [0.4, 0.5) is 0 Å². The Morgan fingerprint density at radius 2 is 2.23 bits per heavy atom. The fourth-order valence-corrected chi connectivity index (χ4v) is 2.59. The number of rotatable bonds is 1. The van der Waals surface area contributed by atoms with Crippen molar-refractivity contribution in [2.45, 2.75) is 6.92 Å². The zero-order valence-electron chi connectivity index (χ0n) is 6.66. The molecule has 0 amide bonds. The smallest absolute Gasteiger partial charge is 0.197 e. The van der Waals surface area contributed by atoms with Crippen LogP contribution in [0.2, 0.25) is 0 Å². The van der Waals surface area contributed by atoms with Crippen molar-refractivity contribution < 1.29 is 0 Å². The van der Waals surface area contributed by atoms with Crippen molar-refractivity contribution in [3.63, 3.8) is 0 Å². The predicted octanol–water partition coefficient (Wildman–Crippen LogP) is 3.16. The van der Waals surface area contributed by atoms with E-state index >= 15 is 0 Å². The van der Waals surface area contributed by atoms with E-state index < -0.39 is 0 Å². The topological polar surface area (TPSA) is 30.7 Å². The summed E-state index contributed by atoms with van der Waals surface area (Å²) in [5.41, 5.74) is 0.988. The van der Waals surface area contributed by atoms with Crippen LogP contribution in [-0.4, -0.2) is 14.5 Å². The van der Waals surface area contributed by atoms with Crippen LogP contribution in [0, 0.1) is 6.92 Å². The molecule has 2 aromatic rings. The Morgan fingerprint density at radius 1 is 1.46 bits per heavy atom. The van der Waals surface area contributed by atoms with Crippen LogP contribution in [0.25, 0.3) is 5.13 Å². The molecule has 0 N–H and O–H groups in total. The van der Waals surface area contributed by atoms with E-state index in [0.717, 1.165) is 19.2 Å². The van der Waals surface area contributed by atoms with Gasteiger partial charge >= 0.3 is 0 Å². The molecular formula is C7H5Br2N3S. The maximum atomic E-state index is 4.31. The van der Waals surface area contributed by atoms with Crippen molar-refractivity contribution in [3.8, 4) is 5.13 Å². The number of imidazole rings is 1. The van der Waals surface area contributed by atoms with Gasteiger partial charge in [0.1, 0.15) is 14.7 Å². The molecule has 0 spiro atoms. The molecule has 13 heavy (non-hydrogen) atoms. The van der Waals surface area contributed by atoms with E-state index in [4.69, 9.17) is 0 Å². The van der Waals surface area contributed by atoms with Gasteiger partial charge in [0, 0.05) is 6.20 Å². The minimum absolute atomic E-state index is 0.832. The third-order valence-electron chi connectivity index (χ3n) is 1.47. The molecule has 0 bridgehead atoms. The number of hydrogen-bond acceptors (Lipinski definition) is 3. The van der Waals surface area contributed by atoms with E-state index in [1.165, 1.54) is 0 Å². The maximum absolute atomic E-state index is 4.31. The third-order valence-corrected chi connectivity index (χ3v) is 4.56. The molecule has 0 aromatic carbocycles. The first-order valence-corrected chi connectivity index (χ1v) is 5.90. The second kappa shape index (κ2) is 3.51. The van der Waals surface area contributed by atoms with Gasteiger partial charge in [-0.2, -0.15) is 0 Å². The Bertz CT molecular complexity index is 415. The molecule has 3 nitrogen and oxygen atoms in total. The van der Waals surface area contributed by atoms with Crippen molar-refractivity contribution >= 4 is 43.2 Å². The van der Waals surface area contributed by atoms with Gasteiger partial charge in [0.2, 0.25) is 0 Å². The van der Waals surface area contributed by atoms with E-state index in [1.807, 2.05) is 17.7 Å². The lowest BCUT2D eigenvalue weighted by Gasteiger charge is -1.91. The second-order valence-corrected chi connectivity index (χ2v) is 5.53. The van der Waals surface area contributed by atoms with E-state index in [2.05, 4.69) is 41.8 Å². The van der Waals surface area contributed by atoms with Crippen LogP contribution in [0.3, 0.4) is 0 Å². The summed E-state index contributed by atoms with van der Waals surface area (Å²) < 4.78 is 3.72. The summed E-state index contributed by atoms with van der Waals surface area (Å²) in [6.07, 6.45) is 3.70. The lowest BCUT2D eigenvalue weighted by molar-refractivity contribution is 1.02. The summed E-state index contributed by atoms with van der Waals surface area (Å²) in [5.74, 6) is 0. The number of nitrogens with zero attached hydrogens (tertiary/aromatic N) is 3. The molecule has 2 aromatic heterocycles. The monoisotopic (exact) mass is 321 g/mol. The van der Waals surface area contributed by atoms with Gasteiger partial charge in [0.05, 0.1) is 5.69 Å². The quantitative estimate of drug-likeness (QED) is 0.807. The van der Waals surface area contributed by atoms with Crippen LogP contribution >= 0.6 is 43.2 Å². The molecule has 0 aliphatic rings. The highest BCUT2D eigenvalue weighted by molar-refractivity contribution is 9.13. The minimum atomic E-state index is 0.832. The number of halogens is 2. The Kier molecular flexibility index (Phi) is 2.53. The first kappa shape index (κ1) is 9.36. The van der Waals surface area contributed by atoms with E-state index in [1.54, 1.807) is 17.7 Å². The number of hydrogen-bond donors (Lipinski definition) is 0. The highest BCUT2D eigenvalue weighted by atomic mass is 79.9. The van der Waals surface area contributed by atoms with Gasteiger partial charge in [-0.1, -0.05) is 11.3 Å². The van der Waals surface area contributed by atoms with Gasteiger partial charge in [-0.05, 0) is 38.8 Å². The highest BCUT2D eigenvalue weighted by Gasteiger charge is 2.07. The van der Waals surface area contributed by atoms with E-state index in [9.17, 15) is 0 Å². The average Bonchev–Trinajstić information content (AvgIpc) is 2.61. The molecule has 2 rings (SSSR count). The molecule has 0 atom stereocenters. The fourth-order valence-electron chi connectivity index (χ4n) is 0.909. The summed E-state index contributed by atoms with van der Waals surface area (Å²) in [4.78, 5) is 8.44. The third kappa shape index (κ3) is 1.84. The van der Waals surface area contributed by atoms with Crippen LogP contribution < -0.4 is 0 Å². The largest absolute Gasteiger partial charge is 0.281 e. The minimum Gasteiger partial charge on any atom is -0.281 e. The zero-order chi connectivity index (χ0) is 9.42. The fraction of sp³-hybridized carbons (Fsp3) is 0.143. The van der Waals surface area contributed by atoms with Gasteiger partial charge in [-0.25, -0.2) is 9.97 Å². The van der Waals surface area contributed by atoms with Crippen molar-refractivity contribution in [2.24, 2.45) is 0 Å². The van der Waals surface area contributed by atoms with E-state index in [-0.39, 0.29) is 0 Å². The van der Waals surface area contributed by atoms with Crippen molar-refractivity contribution in [3.05, 3.63) is 26.6 Å². The SMILES string of the molecule is Cc1cn(-c2nc(Br)c(Br)s2)cn1. The van der Waals surface area contributed by atoms with Gasteiger partial charge in [0.15, 0.2) is 5.13 Å². The lowest BCUT2D eigenvalue weighted by atomic mass is 10.6. The molecule has 0 radical (unpaired) electrons. The van der Waals surface area contributed by atoms with Gasteiger partial charge in [-0.3, -0.25) is 4.57 Å². The molecule has 0 saturated heterocycles. The van der Waals surface area contributed by atoms with Crippen LogP contribution in [0.5, 0.6) is 0 Å². The predicted molar refractivity (Wildman–Crippen MR) is 59.4 cm³/mol. The molecule has 68 valence electrons. The van der Waals surface area contributed by atoms with Crippen LogP contribution in [0.1, 0.15) is 5.69 Å². The Hall–Kier alpha value is -0.200. The lowest BCUT2D eigenvalue weighted by Crippen LogP contribution is -1.87. The zero-order valence-corrected chi connectivity index (χ0v) is 10.6. The summed E-state index contributed by atoms with van der Waals surface area (Å²) in [7, 11) is 0. The van der Waals surface area contributed by atoms with Crippen molar-refractivity contribution in [2.75, 3.05) is 0 Å². The molecule has 0 aliphatic heterocycles. The Labute approximate surface area is 96.1 Å². The molecule has 0 fully saturated rings. The summed E-state index contributed by atoms with van der Waals surface area (Å²) in [5, 5.41) is 0.902. The summed E-state index contributed by atoms with van der Waals surface area (Å²) in [6.45, 7) is 1.95. The van der Waals surface area contributed by atoms with Crippen LogP contribution in [-0.2, 0) is 0 Å².